The van der Waals surface area contributed by atoms with E-state index in [2.05, 4.69) is 15.0 Å². The molecule has 3 heterocycles. The number of anilines is 1. The van der Waals surface area contributed by atoms with Gasteiger partial charge in [0.15, 0.2) is 5.78 Å². The fourth-order valence-electron chi connectivity index (χ4n) is 6.17. The number of rotatable bonds is 12. The number of Topliss-reactive ketones (excluding diaryl/α,β-unsaturated/α-hetero) is 1. The number of carbonyl (C=O) groups excluding carboxylic acids is 3. The molecular weight excluding hydrogens is 632 g/mol. The third-order valence-corrected chi connectivity index (χ3v) is 11.1. The van der Waals surface area contributed by atoms with Crippen LogP contribution in [0.15, 0.2) is 41.3 Å². The molecular formula is C33H41FN4O6S2. The molecule has 10 nitrogen and oxygen atoms in total. The Morgan fingerprint density at radius 3 is 2.63 bits per heavy atom. The van der Waals surface area contributed by atoms with E-state index in [1.165, 1.54) is 17.4 Å². The van der Waals surface area contributed by atoms with Gasteiger partial charge in [0.25, 0.3) is 0 Å². The van der Waals surface area contributed by atoms with Crippen LogP contribution >= 0.6 is 11.3 Å². The van der Waals surface area contributed by atoms with Crippen LogP contribution in [0.2, 0.25) is 0 Å². The number of likely N-dealkylation sites (tertiary alicyclic amines) is 1. The lowest BCUT2D eigenvalue weighted by atomic mass is 9.81. The number of amides is 1. The first-order valence-electron chi connectivity index (χ1n) is 15.7. The van der Waals surface area contributed by atoms with E-state index in [0.717, 1.165) is 10.2 Å². The first-order valence-corrected chi connectivity index (χ1v) is 18.0. The van der Waals surface area contributed by atoms with E-state index in [-0.39, 0.29) is 40.7 Å². The van der Waals surface area contributed by atoms with Crippen molar-refractivity contribution in [1.29, 1.82) is 0 Å². The zero-order valence-electron chi connectivity index (χ0n) is 26.4. The average Bonchev–Trinajstić information content (AvgIpc) is 3.42. The number of nitrogens with zero attached hydrogens (tertiary/aromatic N) is 2. The highest BCUT2D eigenvalue weighted by Crippen LogP contribution is 2.38. The number of nitrogens with one attached hydrogen (secondary N) is 2. The molecule has 5 rings (SSSR count). The maximum atomic E-state index is 14.3. The van der Waals surface area contributed by atoms with Crippen molar-refractivity contribution < 1.29 is 31.9 Å². The standard InChI is InChI=1S/C33H41FN4O6S2/c1-4-44-30(40)18-26(39)22-15-23-19-33(2,3)20-35-31(23)28(16-22)46(42,43)37-25(17-29-36-24-7-5-6-8-27(24)45-29)32(41)38-13-10-21(9-12-34)11-14-38/h5-8,15-16,21,25,35,37H,4,9-14,17-20H2,1-3H3/t25-/m0/s1. The Morgan fingerprint density at radius 2 is 1.93 bits per heavy atom. The van der Waals surface area contributed by atoms with Crippen molar-refractivity contribution in [3.05, 3.63) is 52.5 Å². The molecule has 2 aliphatic heterocycles. The Balaban J connectivity index is 1.49. The van der Waals surface area contributed by atoms with Gasteiger partial charge < -0.3 is 15.0 Å². The second kappa shape index (κ2) is 14.1. The van der Waals surface area contributed by atoms with Gasteiger partial charge in [0.2, 0.25) is 15.9 Å². The molecule has 13 heteroatoms. The molecule has 0 radical (unpaired) electrons. The van der Waals surface area contributed by atoms with Crippen LogP contribution in [0.5, 0.6) is 0 Å². The second-order valence-corrected chi connectivity index (χ2v) is 15.6. The molecule has 248 valence electrons. The number of fused-ring (bicyclic) bond motifs is 2. The number of halogens is 1. The fraction of sp³-hybridized carbons (Fsp3) is 0.515. The molecule has 1 fully saturated rings. The number of piperidine rings is 1. The first-order chi connectivity index (χ1) is 21.9. The summed E-state index contributed by atoms with van der Waals surface area (Å²) in [7, 11) is -4.39. The molecule has 0 aliphatic carbocycles. The first kappa shape index (κ1) is 33.9. The van der Waals surface area contributed by atoms with E-state index in [4.69, 9.17) is 4.74 Å². The maximum absolute atomic E-state index is 14.3. The number of hydrogen-bond acceptors (Lipinski definition) is 9. The van der Waals surface area contributed by atoms with Gasteiger partial charge in [-0.05, 0) is 73.8 Å². The molecule has 2 aliphatic rings. The van der Waals surface area contributed by atoms with Gasteiger partial charge in [0.1, 0.15) is 17.4 Å². The summed E-state index contributed by atoms with van der Waals surface area (Å²) >= 11 is 1.40. The Morgan fingerprint density at radius 1 is 1.20 bits per heavy atom. The third kappa shape index (κ3) is 7.92. The number of hydrogen-bond donors (Lipinski definition) is 2. The lowest BCUT2D eigenvalue weighted by Gasteiger charge is -2.35. The zero-order valence-corrected chi connectivity index (χ0v) is 28.1. The molecule has 0 unspecified atom stereocenters. The smallest absolute Gasteiger partial charge is 0.313 e. The van der Waals surface area contributed by atoms with Crippen LogP contribution in [0.4, 0.5) is 10.1 Å². The van der Waals surface area contributed by atoms with E-state index in [0.29, 0.717) is 61.6 Å². The molecule has 3 aromatic rings. The molecule has 46 heavy (non-hydrogen) atoms. The minimum absolute atomic E-state index is 0.0337. The predicted octanol–water partition coefficient (Wildman–Crippen LogP) is 4.91. The number of carbonyl (C=O) groups is 3. The van der Waals surface area contributed by atoms with E-state index >= 15 is 0 Å². The quantitative estimate of drug-likeness (QED) is 0.157. The summed E-state index contributed by atoms with van der Waals surface area (Å²) in [5.41, 5.74) is 1.63. The number of sulfonamides is 1. The van der Waals surface area contributed by atoms with Crippen molar-refractivity contribution in [2.75, 3.05) is 38.2 Å². The normalized spacial score (nSPS) is 17.3. The predicted molar refractivity (Wildman–Crippen MR) is 175 cm³/mol. The lowest BCUT2D eigenvalue weighted by Crippen LogP contribution is -2.51. The molecule has 1 aromatic heterocycles. The summed E-state index contributed by atoms with van der Waals surface area (Å²) in [5, 5.41) is 3.85. The molecule has 0 spiro atoms. The van der Waals surface area contributed by atoms with Crippen LogP contribution in [0.3, 0.4) is 0 Å². The Hall–Kier alpha value is -3.42. The number of alkyl halides is 1. The van der Waals surface area contributed by atoms with Crippen LogP contribution < -0.4 is 10.0 Å². The molecule has 2 N–H and O–H groups in total. The van der Waals surface area contributed by atoms with Gasteiger partial charge in [0, 0.05) is 31.6 Å². The van der Waals surface area contributed by atoms with E-state index in [1.54, 1.807) is 17.9 Å². The van der Waals surface area contributed by atoms with Crippen molar-refractivity contribution in [3.63, 3.8) is 0 Å². The van der Waals surface area contributed by atoms with E-state index in [9.17, 15) is 27.2 Å². The van der Waals surface area contributed by atoms with Crippen LogP contribution in [0.25, 0.3) is 10.2 Å². The van der Waals surface area contributed by atoms with Gasteiger partial charge in [-0.25, -0.2) is 13.4 Å². The number of para-hydroxylation sites is 1. The van der Waals surface area contributed by atoms with E-state index < -0.39 is 40.9 Å². The van der Waals surface area contributed by atoms with Crippen molar-refractivity contribution in [3.8, 4) is 0 Å². The van der Waals surface area contributed by atoms with Crippen molar-refractivity contribution >= 4 is 54.9 Å². The molecule has 1 amide bonds. The van der Waals surface area contributed by atoms with Crippen LogP contribution in [0, 0.1) is 11.3 Å². The highest BCUT2D eigenvalue weighted by Gasteiger charge is 2.36. The topological polar surface area (TPSA) is 135 Å². The molecule has 1 atom stereocenters. The highest BCUT2D eigenvalue weighted by molar-refractivity contribution is 7.89. The van der Waals surface area contributed by atoms with E-state index in [1.807, 2.05) is 38.1 Å². The average molecular weight is 673 g/mol. The van der Waals surface area contributed by atoms with Gasteiger partial charge in [-0.3, -0.25) is 18.8 Å². The van der Waals surface area contributed by atoms with Gasteiger partial charge >= 0.3 is 5.97 Å². The summed E-state index contributed by atoms with van der Waals surface area (Å²) in [5.74, 6) is -1.44. The number of benzene rings is 2. The summed E-state index contributed by atoms with van der Waals surface area (Å²) in [6.45, 7) is 6.74. The lowest BCUT2D eigenvalue weighted by molar-refractivity contribution is -0.142. The minimum atomic E-state index is -4.39. The summed E-state index contributed by atoms with van der Waals surface area (Å²) in [4.78, 5) is 45.4. The Bertz CT molecular complexity index is 1680. The molecule has 1 saturated heterocycles. The van der Waals surface area contributed by atoms with Crippen LogP contribution in [0.1, 0.15) is 67.4 Å². The molecule has 2 aromatic carbocycles. The van der Waals surface area contributed by atoms with Crippen molar-refractivity contribution in [1.82, 2.24) is 14.6 Å². The number of ether oxygens (including phenoxy) is 1. The van der Waals surface area contributed by atoms with Gasteiger partial charge in [-0.1, -0.05) is 26.0 Å². The van der Waals surface area contributed by atoms with Gasteiger partial charge in [0.05, 0.1) is 34.2 Å². The molecule has 0 saturated carbocycles. The highest BCUT2D eigenvalue weighted by atomic mass is 32.2. The summed E-state index contributed by atoms with van der Waals surface area (Å²) < 4.78 is 50.1. The monoisotopic (exact) mass is 672 g/mol. The number of esters is 1. The SMILES string of the molecule is CCOC(=O)CC(=O)c1cc2c(c(S(=O)(=O)N[C@@H](Cc3nc4ccccc4s3)C(=O)N3CCC(CCF)CC3)c1)NCC(C)(C)C2. The number of ketones is 1. The zero-order chi connectivity index (χ0) is 33.1. The van der Waals surface area contributed by atoms with Gasteiger partial charge in [-0.2, -0.15) is 4.72 Å². The van der Waals surface area contributed by atoms with Crippen LogP contribution in [-0.2, 0) is 37.2 Å². The second-order valence-electron chi connectivity index (χ2n) is 12.8. The van der Waals surface area contributed by atoms with Crippen molar-refractivity contribution in [2.45, 2.75) is 70.2 Å². The Kier molecular flexibility index (Phi) is 10.4. The summed E-state index contributed by atoms with van der Waals surface area (Å²) in [6.07, 6.45) is 1.76. The fourth-order valence-corrected chi connectivity index (χ4v) is 8.62. The van der Waals surface area contributed by atoms with Gasteiger partial charge in [-0.15, -0.1) is 11.3 Å². The molecule has 0 bridgehead atoms. The number of thiazole rings is 1. The van der Waals surface area contributed by atoms with Crippen molar-refractivity contribution in [2.24, 2.45) is 11.3 Å². The third-order valence-electron chi connectivity index (χ3n) is 8.57. The largest absolute Gasteiger partial charge is 0.466 e. The summed E-state index contributed by atoms with van der Waals surface area (Å²) in [6, 6.07) is 9.29. The number of aromatic nitrogens is 1. The maximum Gasteiger partial charge on any atom is 0.313 e. The van der Waals surface area contributed by atoms with Crippen LogP contribution in [-0.4, -0.2) is 74.9 Å². The minimum Gasteiger partial charge on any atom is -0.466 e. The Labute approximate surface area is 273 Å².